The van der Waals surface area contributed by atoms with Crippen LogP contribution in [0.1, 0.15) is 35.2 Å². The standard InChI is InChI=1S/C11H13N5O4S/c17-11(18)9-3-8(5-16(9)7-1-2-7)21(19,20)14-4-10-12-6-13-15-10/h3,5-7,14H,1-2,4H2,(H,17,18)(H,12,13,15). The number of aromatic amines is 1. The molecule has 0 atom stereocenters. The van der Waals surface area contributed by atoms with Gasteiger partial charge in [0.25, 0.3) is 0 Å². The third kappa shape index (κ3) is 2.81. The minimum absolute atomic E-state index is 0.0162. The van der Waals surface area contributed by atoms with Gasteiger partial charge >= 0.3 is 5.97 Å². The highest BCUT2D eigenvalue weighted by Gasteiger charge is 2.30. The Hall–Kier alpha value is -2.20. The minimum atomic E-state index is -3.80. The van der Waals surface area contributed by atoms with Gasteiger partial charge in [0.15, 0.2) is 0 Å². The molecule has 0 amide bonds. The molecule has 2 aromatic heterocycles. The molecule has 21 heavy (non-hydrogen) atoms. The molecule has 1 fully saturated rings. The van der Waals surface area contributed by atoms with Crippen LogP contribution >= 0.6 is 0 Å². The van der Waals surface area contributed by atoms with Crippen molar-refractivity contribution in [2.24, 2.45) is 0 Å². The molecule has 0 radical (unpaired) electrons. The first-order chi connectivity index (χ1) is 9.97. The molecule has 10 heteroatoms. The third-order valence-corrected chi connectivity index (χ3v) is 4.56. The van der Waals surface area contributed by atoms with Gasteiger partial charge in [-0.15, -0.1) is 0 Å². The van der Waals surface area contributed by atoms with Crippen LogP contribution in [0.2, 0.25) is 0 Å². The Morgan fingerprint density at radius 2 is 2.29 bits per heavy atom. The van der Waals surface area contributed by atoms with E-state index >= 15 is 0 Å². The van der Waals surface area contributed by atoms with Crippen LogP contribution in [0.25, 0.3) is 0 Å². The van der Waals surface area contributed by atoms with Gasteiger partial charge in [0.2, 0.25) is 10.0 Å². The van der Waals surface area contributed by atoms with Crippen molar-refractivity contribution in [2.75, 3.05) is 0 Å². The Labute approximate surface area is 120 Å². The number of aromatic nitrogens is 4. The Bertz CT molecular complexity index is 761. The van der Waals surface area contributed by atoms with Crippen LogP contribution in [0.15, 0.2) is 23.5 Å². The lowest BCUT2D eigenvalue weighted by atomic mass is 10.4. The maximum Gasteiger partial charge on any atom is 0.352 e. The zero-order chi connectivity index (χ0) is 15.0. The molecule has 1 saturated carbocycles. The van der Waals surface area contributed by atoms with Crippen molar-refractivity contribution >= 4 is 16.0 Å². The lowest BCUT2D eigenvalue weighted by Crippen LogP contribution is -2.23. The van der Waals surface area contributed by atoms with Crippen LogP contribution in [-0.2, 0) is 16.6 Å². The smallest absolute Gasteiger partial charge is 0.352 e. The van der Waals surface area contributed by atoms with Gasteiger partial charge in [0.05, 0.1) is 6.54 Å². The van der Waals surface area contributed by atoms with Gasteiger partial charge in [-0.25, -0.2) is 22.9 Å². The molecular formula is C11H13N5O4S. The van der Waals surface area contributed by atoms with Crippen molar-refractivity contribution in [1.82, 2.24) is 24.5 Å². The molecule has 0 saturated heterocycles. The normalized spacial score (nSPS) is 15.2. The van der Waals surface area contributed by atoms with Crippen molar-refractivity contribution in [1.29, 1.82) is 0 Å². The van der Waals surface area contributed by atoms with Gasteiger partial charge in [0, 0.05) is 12.2 Å². The first kappa shape index (κ1) is 13.8. The Morgan fingerprint density at radius 1 is 1.52 bits per heavy atom. The van der Waals surface area contributed by atoms with Gasteiger partial charge in [-0.05, 0) is 18.9 Å². The van der Waals surface area contributed by atoms with Crippen molar-refractivity contribution in [3.05, 3.63) is 30.1 Å². The fourth-order valence-corrected chi connectivity index (χ4v) is 3.00. The van der Waals surface area contributed by atoms with E-state index in [1.54, 1.807) is 0 Å². The average Bonchev–Trinajstić information content (AvgIpc) is 2.97. The van der Waals surface area contributed by atoms with Crippen molar-refractivity contribution in [2.45, 2.75) is 30.3 Å². The fourth-order valence-electron chi connectivity index (χ4n) is 1.99. The molecule has 0 bridgehead atoms. The van der Waals surface area contributed by atoms with Crippen molar-refractivity contribution in [3.8, 4) is 0 Å². The number of nitrogens with zero attached hydrogens (tertiary/aromatic N) is 3. The zero-order valence-corrected chi connectivity index (χ0v) is 11.7. The number of carbonyl (C=O) groups is 1. The molecule has 112 valence electrons. The molecule has 0 aliphatic heterocycles. The summed E-state index contributed by atoms with van der Waals surface area (Å²) < 4.78 is 28.2. The number of H-pyrrole nitrogens is 1. The van der Waals surface area contributed by atoms with E-state index < -0.39 is 16.0 Å². The van der Waals surface area contributed by atoms with Crippen LogP contribution in [0.4, 0.5) is 0 Å². The number of rotatable bonds is 6. The van der Waals surface area contributed by atoms with E-state index in [1.807, 2.05) is 0 Å². The summed E-state index contributed by atoms with van der Waals surface area (Å²) >= 11 is 0. The molecule has 3 rings (SSSR count). The van der Waals surface area contributed by atoms with E-state index in [4.69, 9.17) is 5.11 Å². The molecule has 2 heterocycles. The summed E-state index contributed by atoms with van der Waals surface area (Å²) in [6, 6.07) is 1.25. The van der Waals surface area contributed by atoms with Gasteiger partial charge in [-0.3, -0.25) is 5.10 Å². The molecule has 0 aromatic carbocycles. The second kappa shape index (κ2) is 4.97. The van der Waals surface area contributed by atoms with Crippen LogP contribution in [-0.4, -0.2) is 39.2 Å². The number of sulfonamides is 1. The first-order valence-electron chi connectivity index (χ1n) is 6.26. The highest BCUT2D eigenvalue weighted by atomic mass is 32.2. The van der Waals surface area contributed by atoms with E-state index in [2.05, 4.69) is 19.9 Å². The van der Waals surface area contributed by atoms with Crippen molar-refractivity contribution in [3.63, 3.8) is 0 Å². The Kier molecular flexibility index (Phi) is 3.26. The molecule has 1 aliphatic carbocycles. The third-order valence-electron chi connectivity index (χ3n) is 3.19. The molecule has 3 N–H and O–H groups in total. The number of carboxylic acids is 1. The number of nitrogens with one attached hydrogen (secondary N) is 2. The monoisotopic (exact) mass is 311 g/mol. The number of hydrogen-bond donors (Lipinski definition) is 3. The summed E-state index contributed by atoms with van der Waals surface area (Å²) in [6.07, 6.45) is 4.36. The van der Waals surface area contributed by atoms with Crippen molar-refractivity contribution < 1.29 is 18.3 Å². The van der Waals surface area contributed by atoms with Gasteiger partial charge in [0.1, 0.15) is 22.7 Å². The average molecular weight is 311 g/mol. The van der Waals surface area contributed by atoms with E-state index in [9.17, 15) is 13.2 Å². The maximum atomic E-state index is 12.2. The number of carboxylic acid groups (broad SMARTS) is 1. The highest BCUT2D eigenvalue weighted by Crippen LogP contribution is 2.37. The molecule has 2 aromatic rings. The number of aromatic carboxylic acids is 1. The summed E-state index contributed by atoms with van der Waals surface area (Å²) in [5.74, 6) is -0.766. The molecule has 0 spiro atoms. The Morgan fingerprint density at radius 3 is 2.86 bits per heavy atom. The lowest BCUT2D eigenvalue weighted by Gasteiger charge is -2.03. The summed E-state index contributed by atoms with van der Waals surface area (Å²) in [4.78, 5) is 14.9. The number of hydrogen-bond acceptors (Lipinski definition) is 5. The summed E-state index contributed by atoms with van der Waals surface area (Å²) in [7, 11) is -3.80. The summed E-state index contributed by atoms with van der Waals surface area (Å²) in [6.45, 7) is -0.0423. The largest absolute Gasteiger partial charge is 0.477 e. The zero-order valence-electron chi connectivity index (χ0n) is 10.9. The summed E-state index contributed by atoms with van der Waals surface area (Å²) in [5.41, 5.74) is -0.0162. The quantitative estimate of drug-likeness (QED) is 0.694. The molecule has 1 aliphatic rings. The van der Waals surface area contributed by atoms with Gasteiger partial charge in [-0.1, -0.05) is 0 Å². The lowest BCUT2D eigenvalue weighted by molar-refractivity contribution is 0.0685. The predicted octanol–water partition coefficient (Wildman–Crippen LogP) is 0.118. The second-order valence-electron chi connectivity index (χ2n) is 4.76. The van der Waals surface area contributed by atoms with Gasteiger partial charge < -0.3 is 9.67 Å². The predicted molar refractivity (Wildman–Crippen MR) is 70.1 cm³/mol. The van der Waals surface area contributed by atoms with Crippen LogP contribution in [0.5, 0.6) is 0 Å². The van der Waals surface area contributed by atoms with Crippen LogP contribution < -0.4 is 4.72 Å². The topological polar surface area (TPSA) is 130 Å². The minimum Gasteiger partial charge on any atom is -0.477 e. The molecular weight excluding hydrogens is 298 g/mol. The highest BCUT2D eigenvalue weighted by molar-refractivity contribution is 7.89. The van der Waals surface area contributed by atoms with E-state index in [0.717, 1.165) is 12.8 Å². The maximum absolute atomic E-state index is 12.2. The second-order valence-corrected chi connectivity index (χ2v) is 6.53. The van der Waals surface area contributed by atoms with Gasteiger partial charge in [-0.2, -0.15) is 5.10 Å². The van der Waals surface area contributed by atoms with Crippen LogP contribution in [0, 0.1) is 0 Å². The fraction of sp³-hybridized carbons (Fsp3) is 0.364. The Balaban J connectivity index is 1.84. The van der Waals surface area contributed by atoms with E-state index in [-0.39, 0.29) is 23.2 Å². The first-order valence-corrected chi connectivity index (χ1v) is 7.75. The summed E-state index contributed by atoms with van der Waals surface area (Å²) in [5, 5.41) is 15.3. The van der Waals surface area contributed by atoms with E-state index in [0.29, 0.717) is 5.82 Å². The molecule has 0 unspecified atom stereocenters. The SMILES string of the molecule is O=C(O)c1cc(S(=O)(=O)NCc2ncn[nH]2)cn1C1CC1. The van der Waals surface area contributed by atoms with E-state index in [1.165, 1.54) is 23.2 Å². The van der Waals surface area contributed by atoms with Crippen LogP contribution in [0.3, 0.4) is 0 Å². The molecule has 9 nitrogen and oxygen atoms in total.